The molecule has 0 bridgehead atoms. The third kappa shape index (κ3) is 5.20. The SMILES string of the molecule is c1ccc2c(c1)oc1ccc(-c3ccc(-c4ccc5ccc6ccc(-c7ccc(-c8ccc(-c9ccncc9)nc8)cc7)nc6c5n4)cc3)cc12. The fraction of sp³-hybridized carbons (Fsp3) is 0. The maximum atomic E-state index is 6.04. The lowest BCUT2D eigenvalue weighted by molar-refractivity contribution is 0.669. The smallest absolute Gasteiger partial charge is 0.135 e. The molecule has 51 heavy (non-hydrogen) atoms. The Morgan fingerprint density at radius 2 is 0.882 bits per heavy atom. The molecule has 0 N–H and O–H groups in total. The normalized spacial score (nSPS) is 11.5. The Hall–Kier alpha value is -6.98. The van der Waals surface area contributed by atoms with Gasteiger partial charge in [0.1, 0.15) is 11.2 Å². The molecule has 0 aliphatic rings. The molecule has 5 heteroatoms. The van der Waals surface area contributed by atoms with Gasteiger partial charge in [-0.15, -0.1) is 0 Å². The van der Waals surface area contributed by atoms with Crippen molar-refractivity contribution in [3.63, 3.8) is 0 Å². The van der Waals surface area contributed by atoms with E-state index in [0.29, 0.717) is 0 Å². The van der Waals surface area contributed by atoms with Crippen LogP contribution >= 0.6 is 0 Å². The third-order valence-corrected chi connectivity index (χ3v) is 9.66. The van der Waals surface area contributed by atoms with Crippen LogP contribution < -0.4 is 0 Å². The second-order valence-corrected chi connectivity index (χ2v) is 12.7. The number of rotatable bonds is 5. The van der Waals surface area contributed by atoms with Gasteiger partial charge >= 0.3 is 0 Å². The van der Waals surface area contributed by atoms with Crippen molar-refractivity contribution < 1.29 is 4.42 Å². The summed E-state index contributed by atoms with van der Waals surface area (Å²) in [5, 5.41) is 4.38. The quantitative estimate of drug-likeness (QED) is 0.173. The molecule has 0 radical (unpaired) electrons. The third-order valence-electron chi connectivity index (χ3n) is 9.66. The first kappa shape index (κ1) is 29.0. The minimum Gasteiger partial charge on any atom is -0.456 e. The predicted octanol–water partition coefficient (Wildman–Crippen LogP) is 11.8. The van der Waals surface area contributed by atoms with Crippen molar-refractivity contribution in [3.05, 3.63) is 170 Å². The van der Waals surface area contributed by atoms with Gasteiger partial charge < -0.3 is 4.42 Å². The van der Waals surface area contributed by atoms with Crippen LogP contribution in [0.1, 0.15) is 0 Å². The molecule has 5 nitrogen and oxygen atoms in total. The lowest BCUT2D eigenvalue weighted by Crippen LogP contribution is -1.91. The van der Waals surface area contributed by atoms with Crippen LogP contribution in [-0.2, 0) is 0 Å². The van der Waals surface area contributed by atoms with Crippen molar-refractivity contribution in [1.29, 1.82) is 0 Å². The van der Waals surface area contributed by atoms with E-state index in [1.165, 1.54) is 0 Å². The molecule has 5 aromatic heterocycles. The number of hydrogen-bond acceptors (Lipinski definition) is 5. The Morgan fingerprint density at radius 3 is 1.53 bits per heavy atom. The number of nitrogens with zero attached hydrogens (tertiary/aromatic N) is 4. The molecule has 0 saturated heterocycles. The molecule has 0 amide bonds. The largest absolute Gasteiger partial charge is 0.456 e. The highest BCUT2D eigenvalue weighted by atomic mass is 16.3. The summed E-state index contributed by atoms with van der Waals surface area (Å²) in [6, 6.07) is 52.5. The van der Waals surface area contributed by atoms with Gasteiger partial charge in [-0.3, -0.25) is 9.97 Å². The Labute approximate surface area is 293 Å². The van der Waals surface area contributed by atoms with Gasteiger partial charge in [0.05, 0.1) is 28.1 Å². The Morgan fingerprint density at radius 1 is 0.373 bits per heavy atom. The van der Waals surface area contributed by atoms with Gasteiger partial charge in [0, 0.05) is 62.4 Å². The molecule has 0 aliphatic heterocycles. The van der Waals surface area contributed by atoms with Crippen LogP contribution in [0.15, 0.2) is 175 Å². The zero-order chi connectivity index (χ0) is 33.7. The highest BCUT2D eigenvalue weighted by Crippen LogP contribution is 2.34. The topological polar surface area (TPSA) is 64.7 Å². The summed E-state index contributed by atoms with van der Waals surface area (Å²) >= 11 is 0. The summed E-state index contributed by atoms with van der Waals surface area (Å²) in [5.41, 5.74) is 14.0. The summed E-state index contributed by atoms with van der Waals surface area (Å²) in [4.78, 5) is 19.1. The lowest BCUT2D eigenvalue weighted by Gasteiger charge is -2.09. The minimum absolute atomic E-state index is 0.893. The standard InChI is InChI=1S/C46H28N4O/c1-2-4-43-38(3-1)39-27-36(18-22-44(39)51-43)29-5-9-31(10-6-29)41-20-15-34-13-14-35-16-21-42(50-46(35)45(34)49-41)32-11-7-30(8-12-32)37-17-19-40(48-28-37)33-23-25-47-26-24-33/h1-28H. The monoisotopic (exact) mass is 652 g/mol. The zero-order valence-electron chi connectivity index (χ0n) is 27.4. The van der Waals surface area contributed by atoms with Crippen LogP contribution in [0.5, 0.6) is 0 Å². The predicted molar refractivity (Wildman–Crippen MR) is 207 cm³/mol. The van der Waals surface area contributed by atoms with E-state index in [2.05, 4.69) is 131 Å². The number of para-hydroxylation sites is 1. The highest BCUT2D eigenvalue weighted by Gasteiger charge is 2.12. The minimum atomic E-state index is 0.893. The lowest BCUT2D eigenvalue weighted by atomic mass is 10.00. The summed E-state index contributed by atoms with van der Waals surface area (Å²) in [6.45, 7) is 0. The molecule has 0 spiro atoms. The first-order valence-electron chi connectivity index (χ1n) is 16.9. The van der Waals surface area contributed by atoms with Crippen LogP contribution in [0.25, 0.3) is 99.8 Å². The Kier molecular flexibility index (Phi) is 6.74. The number of furan rings is 1. The average molecular weight is 653 g/mol. The van der Waals surface area contributed by atoms with E-state index in [9.17, 15) is 0 Å². The summed E-state index contributed by atoms with van der Waals surface area (Å²) in [7, 11) is 0. The molecule has 0 aliphatic carbocycles. The molecule has 0 fully saturated rings. The van der Waals surface area contributed by atoms with E-state index in [0.717, 1.165) is 99.8 Å². The molecule has 238 valence electrons. The van der Waals surface area contributed by atoms with Gasteiger partial charge in [-0.25, -0.2) is 9.97 Å². The molecule has 5 heterocycles. The van der Waals surface area contributed by atoms with Crippen molar-refractivity contribution >= 4 is 43.7 Å². The van der Waals surface area contributed by atoms with Gasteiger partial charge in [0.25, 0.3) is 0 Å². The second kappa shape index (κ2) is 11.9. The maximum Gasteiger partial charge on any atom is 0.135 e. The molecule has 10 aromatic rings. The molecule has 10 rings (SSSR count). The van der Waals surface area contributed by atoms with Crippen molar-refractivity contribution in [2.24, 2.45) is 0 Å². The summed E-state index contributed by atoms with van der Waals surface area (Å²) < 4.78 is 6.04. The van der Waals surface area contributed by atoms with E-state index in [4.69, 9.17) is 14.4 Å². The number of aromatic nitrogens is 4. The average Bonchev–Trinajstić information content (AvgIpc) is 3.59. The second-order valence-electron chi connectivity index (χ2n) is 12.7. The molecule has 5 aromatic carbocycles. The number of hydrogen-bond donors (Lipinski definition) is 0. The van der Waals surface area contributed by atoms with Crippen LogP contribution in [-0.4, -0.2) is 19.9 Å². The van der Waals surface area contributed by atoms with Crippen molar-refractivity contribution in [3.8, 4) is 56.0 Å². The van der Waals surface area contributed by atoms with E-state index in [1.807, 2.05) is 36.5 Å². The van der Waals surface area contributed by atoms with Crippen LogP contribution in [0.3, 0.4) is 0 Å². The van der Waals surface area contributed by atoms with Crippen molar-refractivity contribution in [1.82, 2.24) is 19.9 Å². The highest BCUT2D eigenvalue weighted by molar-refractivity contribution is 6.06. The fourth-order valence-electron chi connectivity index (χ4n) is 6.92. The Bertz CT molecular complexity index is 2880. The first-order chi connectivity index (χ1) is 25.2. The van der Waals surface area contributed by atoms with Crippen LogP contribution in [0.4, 0.5) is 0 Å². The van der Waals surface area contributed by atoms with Crippen molar-refractivity contribution in [2.75, 3.05) is 0 Å². The number of benzene rings is 5. The first-order valence-corrected chi connectivity index (χ1v) is 16.9. The fourth-order valence-corrected chi connectivity index (χ4v) is 6.92. The van der Waals surface area contributed by atoms with E-state index >= 15 is 0 Å². The van der Waals surface area contributed by atoms with Gasteiger partial charge in [0.2, 0.25) is 0 Å². The van der Waals surface area contributed by atoms with E-state index in [-0.39, 0.29) is 0 Å². The number of pyridine rings is 4. The van der Waals surface area contributed by atoms with E-state index < -0.39 is 0 Å². The number of fused-ring (bicyclic) bond motifs is 6. The molecular weight excluding hydrogens is 625 g/mol. The van der Waals surface area contributed by atoms with E-state index in [1.54, 1.807) is 12.4 Å². The van der Waals surface area contributed by atoms with Crippen LogP contribution in [0, 0.1) is 0 Å². The Balaban J connectivity index is 0.951. The molecular formula is C46H28N4O. The van der Waals surface area contributed by atoms with Gasteiger partial charge in [-0.05, 0) is 65.2 Å². The van der Waals surface area contributed by atoms with Gasteiger partial charge in [-0.1, -0.05) is 103 Å². The van der Waals surface area contributed by atoms with Crippen LogP contribution in [0.2, 0.25) is 0 Å². The van der Waals surface area contributed by atoms with Gasteiger partial charge in [0.15, 0.2) is 0 Å². The van der Waals surface area contributed by atoms with Gasteiger partial charge in [-0.2, -0.15) is 0 Å². The zero-order valence-corrected chi connectivity index (χ0v) is 27.4. The molecule has 0 unspecified atom stereocenters. The molecule has 0 atom stereocenters. The maximum absolute atomic E-state index is 6.04. The van der Waals surface area contributed by atoms with Crippen molar-refractivity contribution in [2.45, 2.75) is 0 Å². The molecule has 0 saturated carbocycles. The summed E-state index contributed by atoms with van der Waals surface area (Å²) in [5.74, 6) is 0. The summed E-state index contributed by atoms with van der Waals surface area (Å²) in [6.07, 6.45) is 5.49.